The van der Waals surface area contributed by atoms with E-state index in [9.17, 15) is 14.4 Å². The smallest absolute Gasteiger partial charge is 0.222 e. The quantitative estimate of drug-likeness (QED) is 0.467. The lowest BCUT2D eigenvalue weighted by Crippen LogP contribution is -2.43. The first kappa shape index (κ1) is 20.8. The Morgan fingerprint density at radius 2 is 2.00 bits per heavy atom. The van der Waals surface area contributed by atoms with Crippen LogP contribution in [0.5, 0.6) is 0 Å². The van der Waals surface area contributed by atoms with E-state index in [-0.39, 0.29) is 31.0 Å². The number of aldehydes is 1. The van der Waals surface area contributed by atoms with Gasteiger partial charge in [-0.25, -0.2) is 0 Å². The maximum absolute atomic E-state index is 12.5. The molecule has 1 aromatic carbocycles. The zero-order valence-electron chi connectivity index (χ0n) is 15.0. The van der Waals surface area contributed by atoms with Gasteiger partial charge in [-0.15, -0.1) is 6.58 Å². The fourth-order valence-electron chi connectivity index (χ4n) is 2.87. The molecule has 0 unspecified atom stereocenters. The number of amides is 1. The molecule has 2 atom stereocenters. The van der Waals surface area contributed by atoms with Crippen LogP contribution in [0.2, 0.25) is 0 Å². The number of methoxy groups -OCH3 is 1. The van der Waals surface area contributed by atoms with E-state index in [0.717, 1.165) is 11.8 Å². The minimum atomic E-state index is -1.01. The highest BCUT2D eigenvalue weighted by Gasteiger charge is 2.40. The molecule has 1 aromatic rings. The van der Waals surface area contributed by atoms with Gasteiger partial charge in [-0.05, 0) is 12.0 Å². The van der Waals surface area contributed by atoms with E-state index >= 15 is 0 Å². The van der Waals surface area contributed by atoms with Gasteiger partial charge in [-0.3, -0.25) is 9.59 Å². The number of carbonyl (C=O) groups excluding carboxylic acids is 3. The highest BCUT2D eigenvalue weighted by molar-refractivity contribution is 5.85. The van der Waals surface area contributed by atoms with Crippen LogP contribution in [-0.2, 0) is 25.5 Å². The third-order valence-electron chi connectivity index (χ3n) is 4.40. The summed E-state index contributed by atoms with van der Waals surface area (Å²) in [6, 6.07) is 9.39. The van der Waals surface area contributed by atoms with Crippen molar-refractivity contribution in [2.24, 2.45) is 5.41 Å². The monoisotopic (exact) mass is 345 g/mol. The van der Waals surface area contributed by atoms with E-state index in [0.29, 0.717) is 13.0 Å². The summed E-state index contributed by atoms with van der Waals surface area (Å²) in [6.45, 7) is 5.73. The van der Waals surface area contributed by atoms with Gasteiger partial charge in [-0.1, -0.05) is 43.3 Å². The Morgan fingerprint density at radius 3 is 2.52 bits per heavy atom. The first-order valence-electron chi connectivity index (χ1n) is 8.43. The Labute approximate surface area is 149 Å². The summed E-state index contributed by atoms with van der Waals surface area (Å²) in [5.41, 5.74) is -0.104. The minimum absolute atomic E-state index is 0.0234. The predicted molar refractivity (Wildman–Crippen MR) is 97.2 cm³/mol. The molecule has 1 N–H and O–H groups in total. The molecule has 1 amide bonds. The molecule has 1 rings (SSSR count). The highest BCUT2D eigenvalue weighted by Crippen LogP contribution is 2.33. The Kier molecular flexibility index (Phi) is 8.78. The fraction of sp³-hybridized carbons (Fsp3) is 0.450. The van der Waals surface area contributed by atoms with Crippen LogP contribution < -0.4 is 5.32 Å². The van der Waals surface area contributed by atoms with Crippen molar-refractivity contribution in [2.45, 2.75) is 38.7 Å². The van der Waals surface area contributed by atoms with Gasteiger partial charge in [0.1, 0.15) is 12.1 Å². The summed E-state index contributed by atoms with van der Waals surface area (Å²) in [4.78, 5) is 36.3. The van der Waals surface area contributed by atoms with Crippen LogP contribution in [0.4, 0.5) is 0 Å². The number of carbonyl (C=O) groups is 3. The third kappa shape index (κ3) is 6.27. The molecule has 25 heavy (non-hydrogen) atoms. The molecule has 0 heterocycles. The first-order valence-corrected chi connectivity index (χ1v) is 8.43. The number of ketones is 1. The standard InChI is InChI=1S/C20H27NO4/c1-4-11-21-19(24)13-18(25-3)20(5-2,15-22)14-17(23)12-16-9-7-6-8-10-16/h4,6-10,15,18H,1,5,11-14H2,2-3H3,(H,21,24)/t18-,20-/m0/s1. The van der Waals surface area contributed by atoms with E-state index in [1.54, 1.807) is 6.08 Å². The molecule has 0 saturated carbocycles. The summed E-state index contributed by atoms with van der Waals surface area (Å²) in [5.74, 6) is -0.282. The van der Waals surface area contributed by atoms with Gasteiger partial charge in [0.15, 0.2) is 0 Å². The van der Waals surface area contributed by atoms with Crippen molar-refractivity contribution in [3.63, 3.8) is 0 Å². The lowest BCUT2D eigenvalue weighted by atomic mass is 9.74. The second-order valence-electron chi connectivity index (χ2n) is 6.10. The van der Waals surface area contributed by atoms with Crippen LogP contribution in [0, 0.1) is 5.41 Å². The average Bonchev–Trinajstić information content (AvgIpc) is 2.63. The molecule has 0 aliphatic rings. The van der Waals surface area contributed by atoms with Gasteiger partial charge in [0, 0.05) is 26.5 Å². The maximum atomic E-state index is 12.5. The zero-order chi connectivity index (χ0) is 18.7. The first-order chi connectivity index (χ1) is 12.0. The lowest BCUT2D eigenvalue weighted by molar-refractivity contribution is -0.138. The zero-order valence-corrected chi connectivity index (χ0v) is 15.0. The summed E-state index contributed by atoms with van der Waals surface area (Å²) in [5, 5.41) is 2.67. The van der Waals surface area contributed by atoms with Crippen molar-refractivity contribution in [2.75, 3.05) is 13.7 Å². The number of benzene rings is 1. The molecule has 0 fully saturated rings. The van der Waals surface area contributed by atoms with Crippen molar-refractivity contribution < 1.29 is 19.1 Å². The van der Waals surface area contributed by atoms with Crippen molar-refractivity contribution in [1.82, 2.24) is 5.32 Å². The van der Waals surface area contributed by atoms with Crippen LogP contribution in [0.3, 0.4) is 0 Å². The van der Waals surface area contributed by atoms with Gasteiger partial charge in [-0.2, -0.15) is 0 Å². The largest absolute Gasteiger partial charge is 0.380 e. The number of hydrogen-bond acceptors (Lipinski definition) is 4. The number of Topliss-reactive ketones (excluding diaryl/α,β-unsaturated/α-hetero) is 1. The SMILES string of the molecule is C=CCNC(=O)C[C@H](OC)[C@@](C=O)(CC)CC(=O)Cc1ccccc1. The molecule has 0 bridgehead atoms. The Balaban J connectivity index is 2.84. The van der Waals surface area contributed by atoms with Crippen LogP contribution >= 0.6 is 0 Å². The normalized spacial score (nSPS) is 14.2. The number of nitrogens with one attached hydrogen (secondary N) is 1. The Bertz CT molecular complexity index is 585. The number of ether oxygens (including phenoxy) is 1. The van der Waals surface area contributed by atoms with Gasteiger partial charge in [0.2, 0.25) is 5.91 Å². The van der Waals surface area contributed by atoms with Crippen LogP contribution in [0.1, 0.15) is 31.7 Å². The summed E-state index contributed by atoms with van der Waals surface area (Å²) in [7, 11) is 1.46. The predicted octanol–water partition coefficient (Wildman–Crippen LogP) is 2.49. The van der Waals surface area contributed by atoms with Gasteiger partial charge >= 0.3 is 0 Å². The van der Waals surface area contributed by atoms with E-state index in [1.807, 2.05) is 37.3 Å². The van der Waals surface area contributed by atoms with E-state index in [2.05, 4.69) is 11.9 Å². The second kappa shape index (κ2) is 10.6. The minimum Gasteiger partial charge on any atom is -0.380 e. The summed E-state index contributed by atoms with van der Waals surface area (Å²) >= 11 is 0. The van der Waals surface area contributed by atoms with Gasteiger partial charge in [0.25, 0.3) is 0 Å². The van der Waals surface area contributed by atoms with E-state index < -0.39 is 11.5 Å². The summed E-state index contributed by atoms with van der Waals surface area (Å²) in [6.07, 6.45) is 2.45. The van der Waals surface area contributed by atoms with Gasteiger partial charge < -0.3 is 14.8 Å². The Hall–Kier alpha value is -2.27. The van der Waals surface area contributed by atoms with Crippen molar-refractivity contribution in [1.29, 1.82) is 0 Å². The molecular weight excluding hydrogens is 318 g/mol. The van der Waals surface area contributed by atoms with Crippen molar-refractivity contribution >= 4 is 18.0 Å². The number of rotatable bonds is 12. The average molecular weight is 345 g/mol. The lowest BCUT2D eigenvalue weighted by Gasteiger charge is -2.33. The topological polar surface area (TPSA) is 72.5 Å². The fourth-order valence-corrected chi connectivity index (χ4v) is 2.87. The second-order valence-corrected chi connectivity index (χ2v) is 6.10. The molecule has 5 nitrogen and oxygen atoms in total. The molecule has 0 radical (unpaired) electrons. The van der Waals surface area contributed by atoms with Crippen molar-refractivity contribution in [3.8, 4) is 0 Å². The van der Waals surface area contributed by atoms with E-state index in [4.69, 9.17) is 4.74 Å². The third-order valence-corrected chi connectivity index (χ3v) is 4.40. The molecule has 0 aliphatic carbocycles. The molecule has 5 heteroatoms. The van der Waals surface area contributed by atoms with Crippen LogP contribution in [0.15, 0.2) is 43.0 Å². The molecule has 0 spiro atoms. The molecule has 0 aromatic heterocycles. The number of hydrogen-bond donors (Lipinski definition) is 1. The molecule has 0 saturated heterocycles. The summed E-state index contributed by atoms with van der Waals surface area (Å²) < 4.78 is 5.43. The van der Waals surface area contributed by atoms with E-state index in [1.165, 1.54) is 7.11 Å². The molecular formula is C20H27NO4. The van der Waals surface area contributed by atoms with Crippen molar-refractivity contribution in [3.05, 3.63) is 48.6 Å². The van der Waals surface area contributed by atoms with Crippen LogP contribution in [-0.4, -0.2) is 37.7 Å². The molecule has 136 valence electrons. The Morgan fingerprint density at radius 1 is 1.32 bits per heavy atom. The van der Waals surface area contributed by atoms with Crippen LogP contribution in [0.25, 0.3) is 0 Å². The highest BCUT2D eigenvalue weighted by atomic mass is 16.5. The molecule has 0 aliphatic heterocycles. The maximum Gasteiger partial charge on any atom is 0.222 e. The van der Waals surface area contributed by atoms with Gasteiger partial charge in [0.05, 0.1) is 17.9 Å².